The van der Waals surface area contributed by atoms with E-state index in [1.54, 1.807) is 0 Å². The number of hydrogen-bond donors (Lipinski definition) is 1. The van der Waals surface area contributed by atoms with E-state index in [4.69, 9.17) is 0 Å². The second-order valence-corrected chi connectivity index (χ2v) is 3.49. The predicted octanol–water partition coefficient (Wildman–Crippen LogP) is 0.198. The first-order valence-corrected chi connectivity index (χ1v) is 4.50. The highest BCUT2D eigenvalue weighted by molar-refractivity contribution is 5.63. The van der Waals surface area contributed by atoms with Gasteiger partial charge in [0.05, 0.1) is 0 Å². The molecule has 2 aliphatic rings. The Bertz CT molecular complexity index is 431. The third kappa shape index (κ3) is 0.685. The van der Waals surface area contributed by atoms with Crippen LogP contribution >= 0.6 is 0 Å². The second kappa shape index (κ2) is 2.13. The second-order valence-electron chi connectivity index (χ2n) is 3.49. The largest absolute Gasteiger partial charge is 0.387 e. The third-order valence-electron chi connectivity index (χ3n) is 2.77. The van der Waals surface area contributed by atoms with Crippen LogP contribution in [-0.4, -0.2) is 6.54 Å². The summed E-state index contributed by atoms with van der Waals surface area (Å²) >= 11 is 0. The van der Waals surface area contributed by atoms with E-state index in [1.807, 2.05) is 0 Å². The normalized spacial score (nSPS) is 24.3. The van der Waals surface area contributed by atoms with Crippen LogP contribution in [0.15, 0.2) is 24.3 Å². The molecule has 0 spiro atoms. The zero-order valence-corrected chi connectivity index (χ0v) is 6.88. The molecular weight excluding hydrogens is 146 g/mol. The minimum Gasteiger partial charge on any atom is -0.387 e. The van der Waals surface area contributed by atoms with Crippen LogP contribution in [0.5, 0.6) is 0 Å². The van der Waals surface area contributed by atoms with Crippen LogP contribution in [0.1, 0.15) is 6.42 Å². The Kier molecular flexibility index (Phi) is 1.12. The smallest absolute Gasteiger partial charge is 0.0257 e. The van der Waals surface area contributed by atoms with Crippen molar-refractivity contribution < 1.29 is 0 Å². The van der Waals surface area contributed by atoms with Gasteiger partial charge >= 0.3 is 0 Å². The fraction of sp³-hybridized carbons (Fsp3) is 0.273. The Hall–Kier alpha value is -1.24. The molecule has 1 saturated heterocycles. The van der Waals surface area contributed by atoms with Gasteiger partial charge in [0.25, 0.3) is 0 Å². The Labute approximate surface area is 71.4 Å². The van der Waals surface area contributed by atoms with Gasteiger partial charge in [-0.05, 0) is 11.6 Å². The summed E-state index contributed by atoms with van der Waals surface area (Å²) in [5.41, 5.74) is 1.45. The number of fused-ring (bicyclic) bond motifs is 2. The molecule has 1 aliphatic heterocycles. The van der Waals surface area contributed by atoms with Crippen molar-refractivity contribution in [2.24, 2.45) is 5.92 Å². The Balaban J connectivity index is 2.42. The first kappa shape index (κ1) is 6.30. The third-order valence-corrected chi connectivity index (χ3v) is 2.77. The lowest BCUT2D eigenvalue weighted by Gasteiger charge is -1.98. The SMILES string of the molecule is C1=c2ccccc2=C2NCCC12. The van der Waals surface area contributed by atoms with Crippen molar-refractivity contribution in [3.05, 3.63) is 34.7 Å². The van der Waals surface area contributed by atoms with Gasteiger partial charge in [-0.1, -0.05) is 30.3 Å². The molecule has 0 bridgehead atoms. The number of rotatable bonds is 0. The van der Waals surface area contributed by atoms with Gasteiger partial charge in [-0.15, -0.1) is 0 Å². The van der Waals surface area contributed by atoms with E-state index in [0.29, 0.717) is 5.92 Å². The summed E-state index contributed by atoms with van der Waals surface area (Å²) in [6.07, 6.45) is 3.65. The maximum atomic E-state index is 3.46. The lowest BCUT2D eigenvalue weighted by atomic mass is 10.1. The summed E-state index contributed by atoms with van der Waals surface area (Å²) in [6, 6.07) is 8.63. The van der Waals surface area contributed by atoms with Crippen molar-refractivity contribution in [2.45, 2.75) is 6.42 Å². The van der Waals surface area contributed by atoms with Crippen LogP contribution in [0, 0.1) is 5.92 Å². The first-order chi connectivity index (χ1) is 5.95. The van der Waals surface area contributed by atoms with Crippen LogP contribution in [0.25, 0.3) is 11.8 Å². The fourth-order valence-corrected chi connectivity index (χ4v) is 2.20. The number of hydrogen-bond acceptors (Lipinski definition) is 1. The highest BCUT2D eigenvalue weighted by atomic mass is 14.9. The zero-order chi connectivity index (χ0) is 7.97. The van der Waals surface area contributed by atoms with Crippen LogP contribution < -0.4 is 15.8 Å². The number of benzene rings is 1. The van der Waals surface area contributed by atoms with Crippen molar-refractivity contribution in [3.8, 4) is 0 Å². The average Bonchev–Trinajstić information content (AvgIpc) is 2.62. The van der Waals surface area contributed by atoms with E-state index < -0.39 is 0 Å². The summed E-state index contributed by atoms with van der Waals surface area (Å²) in [5, 5.41) is 6.28. The molecule has 0 radical (unpaired) electrons. The van der Waals surface area contributed by atoms with Gasteiger partial charge in [0.1, 0.15) is 0 Å². The van der Waals surface area contributed by atoms with Crippen molar-refractivity contribution in [2.75, 3.05) is 6.54 Å². The molecule has 1 aromatic carbocycles. The van der Waals surface area contributed by atoms with Crippen molar-refractivity contribution in [1.82, 2.24) is 5.32 Å². The Morgan fingerprint density at radius 1 is 1.25 bits per heavy atom. The molecule has 1 heterocycles. The maximum absolute atomic E-state index is 3.46. The number of nitrogens with one attached hydrogen (secondary N) is 1. The van der Waals surface area contributed by atoms with Gasteiger partial charge < -0.3 is 5.32 Å². The van der Waals surface area contributed by atoms with Crippen molar-refractivity contribution >= 4 is 11.8 Å². The fourth-order valence-electron chi connectivity index (χ4n) is 2.20. The Morgan fingerprint density at radius 3 is 3.17 bits per heavy atom. The zero-order valence-electron chi connectivity index (χ0n) is 6.88. The molecule has 0 aromatic heterocycles. The first-order valence-electron chi connectivity index (χ1n) is 4.50. The minimum absolute atomic E-state index is 0.683. The molecule has 1 heteroatoms. The van der Waals surface area contributed by atoms with Gasteiger partial charge in [-0.25, -0.2) is 0 Å². The highest BCUT2D eigenvalue weighted by Crippen LogP contribution is 2.21. The molecule has 1 aliphatic carbocycles. The van der Waals surface area contributed by atoms with Crippen LogP contribution in [0.4, 0.5) is 0 Å². The minimum atomic E-state index is 0.683. The molecule has 1 unspecified atom stereocenters. The molecule has 12 heavy (non-hydrogen) atoms. The van der Waals surface area contributed by atoms with Gasteiger partial charge in [0.2, 0.25) is 0 Å². The van der Waals surface area contributed by atoms with E-state index in [0.717, 1.165) is 6.54 Å². The van der Waals surface area contributed by atoms with E-state index in [1.165, 1.54) is 22.6 Å². The van der Waals surface area contributed by atoms with E-state index in [-0.39, 0.29) is 0 Å². The maximum Gasteiger partial charge on any atom is 0.0257 e. The lowest BCUT2D eigenvalue weighted by molar-refractivity contribution is 0.844. The van der Waals surface area contributed by atoms with Gasteiger partial charge in [-0.2, -0.15) is 0 Å². The molecule has 1 nitrogen and oxygen atoms in total. The van der Waals surface area contributed by atoms with Gasteiger partial charge in [-0.3, -0.25) is 0 Å². The Morgan fingerprint density at radius 2 is 2.17 bits per heavy atom. The quantitative estimate of drug-likeness (QED) is 0.567. The highest BCUT2D eigenvalue weighted by Gasteiger charge is 2.22. The average molecular weight is 157 g/mol. The predicted molar refractivity (Wildman–Crippen MR) is 49.7 cm³/mol. The topological polar surface area (TPSA) is 12.0 Å². The summed E-state index contributed by atoms with van der Waals surface area (Å²) in [6.45, 7) is 1.14. The van der Waals surface area contributed by atoms with Crippen LogP contribution in [0.3, 0.4) is 0 Å². The molecular formula is C11H11N. The van der Waals surface area contributed by atoms with Gasteiger partial charge in [0, 0.05) is 23.4 Å². The van der Waals surface area contributed by atoms with Crippen molar-refractivity contribution in [1.29, 1.82) is 0 Å². The van der Waals surface area contributed by atoms with Crippen LogP contribution in [-0.2, 0) is 0 Å². The van der Waals surface area contributed by atoms with E-state index in [2.05, 4.69) is 35.7 Å². The molecule has 1 fully saturated rings. The van der Waals surface area contributed by atoms with Gasteiger partial charge in [0.15, 0.2) is 0 Å². The molecule has 1 atom stereocenters. The molecule has 0 amide bonds. The summed E-state index contributed by atoms with van der Waals surface area (Å²) in [4.78, 5) is 0. The van der Waals surface area contributed by atoms with E-state index in [9.17, 15) is 0 Å². The monoisotopic (exact) mass is 157 g/mol. The molecule has 60 valence electrons. The molecule has 3 rings (SSSR count). The summed E-state index contributed by atoms with van der Waals surface area (Å²) in [7, 11) is 0. The molecule has 1 N–H and O–H groups in total. The summed E-state index contributed by atoms with van der Waals surface area (Å²) in [5.74, 6) is 0.683. The molecule has 1 aromatic rings. The lowest BCUT2D eigenvalue weighted by Crippen LogP contribution is -2.25. The van der Waals surface area contributed by atoms with E-state index >= 15 is 0 Å². The van der Waals surface area contributed by atoms with Crippen molar-refractivity contribution in [3.63, 3.8) is 0 Å². The summed E-state index contributed by atoms with van der Waals surface area (Å²) < 4.78 is 0. The standard InChI is InChI=1S/C11H11N/c1-2-4-10-8(3-1)7-9-5-6-12-11(9)10/h1-4,7,9,12H,5-6H2. The molecule has 0 saturated carbocycles. The van der Waals surface area contributed by atoms with Crippen LogP contribution in [0.2, 0.25) is 0 Å².